The van der Waals surface area contributed by atoms with Crippen molar-refractivity contribution in [3.63, 3.8) is 0 Å². The van der Waals surface area contributed by atoms with E-state index in [1.807, 2.05) is 21.1 Å². The van der Waals surface area contributed by atoms with Crippen LogP contribution in [0.1, 0.15) is 515 Å². The van der Waals surface area contributed by atoms with E-state index in [1.165, 1.54) is 449 Å². The summed E-state index contributed by atoms with van der Waals surface area (Å²) in [6, 6.07) is 0. The lowest BCUT2D eigenvalue weighted by Gasteiger charge is -2.25. The second-order valence-electron chi connectivity index (χ2n) is 33.3. The Hall–Kier alpha value is -1.71. The van der Waals surface area contributed by atoms with Gasteiger partial charge in [-0.2, -0.15) is 0 Å². The van der Waals surface area contributed by atoms with E-state index in [1.54, 1.807) is 0 Å². The largest absolute Gasteiger partial charge is 0.477 e. The van der Waals surface area contributed by atoms with E-state index in [-0.39, 0.29) is 38.2 Å². The molecule has 0 aromatic rings. The third-order valence-electron chi connectivity index (χ3n) is 21.9. The predicted octanol–water partition coefficient (Wildman–Crippen LogP) is 30.1. The highest BCUT2D eigenvalue weighted by Crippen LogP contribution is 2.22. The van der Waals surface area contributed by atoms with Gasteiger partial charge >= 0.3 is 17.9 Å². The van der Waals surface area contributed by atoms with Gasteiger partial charge in [0.05, 0.1) is 34.4 Å². The zero-order valence-corrected chi connectivity index (χ0v) is 69.4. The number of unbranched alkanes of at least 4 members (excludes halogenated alkanes) is 74. The Morgan fingerprint density at radius 2 is 0.446 bits per heavy atom. The molecule has 0 bridgehead atoms. The van der Waals surface area contributed by atoms with Gasteiger partial charge in [0, 0.05) is 12.8 Å². The summed E-state index contributed by atoms with van der Waals surface area (Å²) in [6.45, 7) is 5.00. The lowest BCUT2D eigenvalue weighted by atomic mass is 10.0. The molecule has 2 unspecified atom stereocenters. The number of esters is 2. The van der Waals surface area contributed by atoms with Crippen LogP contribution in [0.15, 0.2) is 0 Å². The van der Waals surface area contributed by atoms with Crippen LogP contribution in [-0.4, -0.2) is 87.4 Å². The number of likely N-dealkylation sites (N-methyl/N-ethyl adjacent to an activating group) is 1. The third kappa shape index (κ3) is 85.4. The van der Waals surface area contributed by atoms with Crippen molar-refractivity contribution in [3.8, 4) is 0 Å². The van der Waals surface area contributed by atoms with Crippen LogP contribution in [0.5, 0.6) is 0 Å². The standard InChI is InChI=1S/C92H181NO8/c1-6-8-10-12-14-16-18-20-22-24-26-28-30-32-34-36-38-40-42-44-46-48-50-52-54-56-58-60-62-64-66-68-70-72-74-76-78-80-82-89(94)99-86-88(87-100-92(91(96)97)98-85-84-93(3,4)5)101-90(95)83-81-79-77-75-73-71-69-67-65-63-61-59-57-55-53-51-49-47-45-43-41-39-37-35-33-31-29-27-25-23-21-19-17-15-13-11-9-7-2/h88,92H,6-87H2,1-5H3/p+1. The second kappa shape index (κ2) is 83.9. The topological polar surface area (TPSA) is 108 Å². The molecule has 0 aliphatic carbocycles. The molecule has 0 aliphatic rings. The predicted molar refractivity (Wildman–Crippen MR) is 439 cm³/mol. The molecule has 0 rings (SSSR count). The number of quaternary nitrogens is 1. The normalized spacial score (nSPS) is 12.4. The van der Waals surface area contributed by atoms with E-state index in [2.05, 4.69) is 13.8 Å². The van der Waals surface area contributed by atoms with E-state index in [4.69, 9.17) is 18.9 Å². The summed E-state index contributed by atoms with van der Waals surface area (Å²) >= 11 is 0. The Morgan fingerprint density at radius 1 is 0.257 bits per heavy atom. The van der Waals surface area contributed by atoms with Gasteiger partial charge in [0.2, 0.25) is 0 Å². The minimum Gasteiger partial charge on any atom is -0.477 e. The van der Waals surface area contributed by atoms with Crippen LogP contribution in [0, 0.1) is 0 Å². The average molecular weight is 1430 g/mol. The molecule has 0 aromatic heterocycles. The van der Waals surface area contributed by atoms with Gasteiger partial charge in [-0.3, -0.25) is 9.59 Å². The van der Waals surface area contributed by atoms with Crippen LogP contribution in [0.4, 0.5) is 0 Å². The van der Waals surface area contributed by atoms with Crippen molar-refractivity contribution in [1.29, 1.82) is 0 Å². The number of carbonyl (C=O) groups is 3. The number of ether oxygens (including phenoxy) is 4. The molecule has 0 radical (unpaired) electrons. The van der Waals surface area contributed by atoms with Crippen LogP contribution in [0.2, 0.25) is 0 Å². The number of aliphatic carboxylic acids is 1. The first kappa shape index (κ1) is 99.3. The molecule has 2 atom stereocenters. The molecule has 1 N–H and O–H groups in total. The van der Waals surface area contributed by atoms with E-state index in [9.17, 15) is 19.5 Å². The van der Waals surface area contributed by atoms with Crippen LogP contribution < -0.4 is 0 Å². The first-order valence-electron chi connectivity index (χ1n) is 46.2. The second-order valence-corrected chi connectivity index (χ2v) is 33.3. The number of carbonyl (C=O) groups excluding carboxylic acids is 2. The fourth-order valence-corrected chi connectivity index (χ4v) is 14.9. The van der Waals surface area contributed by atoms with Crippen LogP contribution in [-0.2, 0) is 33.3 Å². The molecule has 9 heteroatoms. The molecule has 9 nitrogen and oxygen atoms in total. The van der Waals surface area contributed by atoms with Gasteiger partial charge in [0.15, 0.2) is 6.10 Å². The van der Waals surface area contributed by atoms with Gasteiger partial charge in [-0.1, -0.05) is 489 Å². The summed E-state index contributed by atoms with van der Waals surface area (Å²) in [5.41, 5.74) is 0. The first-order valence-corrected chi connectivity index (χ1v) is 46.2. The molecular formula is C92H182NO8+. The smallest absolute Gasteiger partial charge is 0.361 e. The van der Waals surface area contributed by atoms with Crippen LogP contribution in [0.3, 0.4) is 0 Å². The van der Waals surface area contributed by atoms with Crippen molar-refractivity contribution in [3.05, 3.63) is 0 Å². The highest BCUT2D eigenvalue weighted by atomic mass is 16.7. The van der Waals surface area contributed by atoms with Crippen LogP contribution >= 0.6 is 0 Å². The number of nitrogens with zero attached hydrogens (tertiary/aromatic N) is 1. The quantitative estimate of drug-likeness (QED) is 0.0278. The lowest BCUT2D eigenvalue weighted by Crippen LogP contribution is -2.40. The number of carboxylic acids is 1. The summed E-state index contributed by atoms with van der Waals surface area (Å²) in [5, 5.41) is 9.80. The number of rotatable bonds is 89. The van der Waals surface area contributed by atoms with Crippen molar-refractivity contribution in [2.75, 3.05) is 47.5 Å². The maximum Gasteiger partial charge on any atom is 0.361 e. The summed E-state index contributed by atoms with van der Waals surface area (Å²) < 4.78 is 23.1. The Kier molecular flexibility index (Phi) is 82.5. The van der Waals surface area contributed by atoms with Gasteiger partial charge < -0.3 is 28.5 Å². The van der Waals surface area contributed by atoms with Crippen molar-refractivity contribution in [2.24, 2.45) is 0 Å². The summed E-state index contributed by atoms with van der Waals surface area (Å²) in [6.07, 6.45) is 103. The summed E-state index contributed by atoms with van der Waals surface area (Å²) in [4.78, 5) is 37.8. The van der Waals surface area contributed by atoms with E-state index < -0.39 is 18.4 Å². The molecule has 0 saturated carbocycles. The zero-order valence-electron chi connectivity index (χ0n) is 69.4. The highest BCUT2D eigenvalue weighted by Gasteiger charge is 2.25. The average Bonchev–Trinajstić information content (AvgIpc) is 1.07. The molecule has 0 aromatic carbocycles. The van der Waals surface area contributed by atoms with Gasteiger partial charge in [0.25, 0.3) is 6.29 Å². The van der Waals surface area contributed by atoms with Gasteiger partial charge in [-0.25, -0.2) is 4.79 Å². The van der Waals surface area contributed by atoms with Gasteiger partial charge in [-0.15, -0.1) is 0 Å². The van der Waals surface area contributed by atoms with E-state index >= 15 is 0 Å². The third-order valence-corrected chi connectivity index (χ3v) is 21.9. The summed E-state index contributed by atoms with van der Waals surface area (Å²) in [5.74, 6) is -1.96. The molecule has 101 heavy (non-hydrogen) atoms. The minimum absolute atomic E-state index is 0.171. The lowest BCUT2D eigenvalue weighted by molar-refractivity contribution is -0.870. The molecular weight excluding hydrogens is 1250 g/mol. The summed E-state index contributed by atoms with van der Waals surface area (Å²) in [7, 11) is 6.01. The van der Waals surface area contributed by atoms with Crippen LogP contribution in [0.25, 0.3) is 0 Å². The Labute approximate surface area is 632 Å². The maximum absolute atomic E-state index is 13.0. The number of hydrogen-bond acceptors (Lipinski definition) is 7. The van der Waals surface area contributed by atoms with Gasteiger partial charge in [-0.05, 0) is 12.8 Å². The Balaban J connectivity index is 3.86. The zero-order chi connectivity index (χ0) is 73.2. The molecule has 0 saturated heterocycles. The van der Waals surface area contributed by atoms with Crippen molar-refractivity contribution in [1.82, 2.24) is 0 Å². The molecule has 0 aliphatic heterocycles. The van der Waals surface area contributed by atoms with Crippen molar-refractivity contribution >= 4 is 17.9 Å². The molecule has 0 amide bonds. The fraction of sp³-hybridized carbons (Fsp3) is 0.967. The maximum atomic E-state index is 13.0. The van der Waals surface area contributed by atoms with Crippen molar-refractivity contribution in [2.45, 2.75) is 527 Å². The molecule has 0 fully saturated rings. The number of carboxylic acid groups (broad SMARTS) is 1. The number of hydrogen-bond donors (Lipinski definition) is 1. The van der Waals surface area contributed by atoms with Crippen molar-refractivity contribution < 1.29 is 42.9 Å². The molecule has 0 spiro atoms. The monoisotopic (exact) mass is 1430 g/mol. The molecule has 602 valence electrons. The molecule has 0 heterocycles. The van der Waals surface area contributed by atoms with Gasteiger partial charge in [0.1, 0.15) is 13.2 Å². The first-order chi connectivity index (χ1) is 49.6. The van der Waals surface area contributed by atoms with E-state index in [0.29, 0.717) is 17.4 Å². The highest BCUT2D eigenvalue weighted by molar-refractivity contribution is 5.71. The SMILES string of the molecule is CCCCCCCCCCCCCCCCCCCCCCCCCCCCCCCCCCCCCCCCC(=O)OCC(COC(OCC[N+](C)(C)C)C(=O)O)OC(=O)CCCCCCCCCCCCCCCCCCCCCCCCCCCCCCCCCCCCCCCC. The Morgan fingerprint density at radius 3 is 0.634 bits per heavy atom. The Bertz CT molecular complexity index is 1620. The minimum atomic E-state index is -1.51. The fourth-order valence-electron chi connectivity index (χ4n) is 14.9. The van der Waals surface area contributed by atoms with E-state index in [0.717, 1.165) is 38.5 Å².